The number of hydrogen-bond acceptors (Lipinski definition) is 4. The Hall–Kier alpha value is -2.33. The van der Waals surface area contributed by atoms with Crippen molar-refractivity contribution in [2.75, 3.05) is 13.7 Å². The number of fused-ring (bicyclic) bond motifs is 1. The van der Waals surface area contributed by atoms with Crippen molar-refractivity contribution in [1.82, 2.24) is 4.98 Å². The van der Waals surface area contributed by atoms with Crippen LogP contribution in [0.25, 0.3) is 26.5 Å². The van der Waals surface area contributed by atoms with Gasteiger partial charge in [0.1, 0.15) is 16.5 Å². The van der Waals surface area contributed by atoms with Gasteiger partial charge < -0.3 is 9.47 Å². The second kappa shape index (κ2) is 6.44. The van der Waals surface area contributed by atoms with Crippen LogP contribution in [0.4, 0.5) is 0 Å². The van der Waals surface area contributed by atoms with Gasteiger partial charge in [-0.2, -0.15) is 0 Å². The highest BCUT2D eigenvalue weighted by atomic mass is 32.1. The topological polar surface area (TPSA) is 31.4 Å². The molecule has 1 aliphatic rings. The van der Waals surface area contributed by atoms with Crippen LogP contribution in [0.15, 0.2) is 48.0 Å². The molecule has 1 aliphatic heterocycles. The fourth-order valence-corrected chi connectivity index (χ4v) is 4.62. The summed E-state index contributed by atoms with van der Waals surface area (Å²) in [7, 11) is 1.71. The van der Waals surface area contributed by atoms with Gasteiger partial charge in [-0.3, -0.25) is 0 Å². The number of rotatable bonds is 4. The SMILES string of the molecule is CCC1=C(c2ccc(-c3nc4ccccc4s3)c(OC)c2)OCC1(C)C. The summed E-state index contributed by atoms with van der Waals surface area (Å²) in [5, 5.41) is 0.979. The van der Waals surface area contributed by atoms with E-state index >= 15 is 0 Å². The van der Waals surface area contributed by atoms with Gasteiger partial charge in [0, 0.05) is 11.0 Å². The first-order valence-corrected chi connectivity index (χ1v) is 9.76. The zero-order chi connectivity index (χ0) is 18.3. The maximum absolute atomic E-state index is 6.06. The summed E-state index contributed by atoms with van der Waals surface area (Å²) in [5.41, 5.74) is 4.58. The predicted molar refractivity (Wildman–Crippen MR) is 109 cm³/mol. The average Bonchev–Trinajstić information content (AvgIpc) is 3.20. The van der Waals surface area contributed by atoms with Crippen molar-refractivity contribution in [2.24, 2.45) is 5.41 Å². The lowest BCUT2D eigenvalue weighted by Crippen LogP contribution is -2.14. The van der Waals surface area contributed by atoms with Crippen LogP contribution in [0.1, 0.15) is 32.8 Å². The molecule has 0 saturated heterocycles. The molecule has 1 aromatic heterocycles. The molecule has 0 saturated carbocycles. The second-order valence-electron chi connectivity index (χ2n) is 7.24. The van der Waals surface area contributed by atoms with Gasteiger partial charge >= 0.3 is 0 Å². The smallest absolute Gasteiger partial charge is 0.129 e. The first kappa shape index (κ1) is 17.1. The summed E-state index contributed by atoms with van der Waals surface area (Å²) < 4.78 is 13.0. The average molecular weight is 365 g/mol. The quantitative estimate of drug-likeness (QED) is 0.556. The van der Waals surface area contributed by atoms with E-state index < -0.39 is 0 Å². The molecule has 2 heterocycles. The molecule has 4 rings (SSSR count). The summed E-state index contributed by atoms with van der Waals surface area (Å²) in [6, 6.07) is 14.5. The van der Waals surface area contributed by atoms with Crippen LogP contribution >= 0.6 is 11.3 Å². The fraction of sp³-hybridized carbons (Fsp3) is 0.318. The van der Waals surface area contributed by atoms with Crippen molar-refractivity contribution in [2.45, 2.75) is 27.2 Å². The zero-order valence-corrected chi connectivity index (χ0v) is 16.4. The zero-order valence-electron chi connectivity index (χ0n) is 15.6. The minimum absolute atomic E-state index is 0.0863. The normalized spacial score (nSPS) is 16.2. The molecule has 26 heavy (non-hydrogen) atoms. The molecule has 0 unspecified atom stereocenters. The van der Waals surface area contributed by atoms with Crippen LogP contribution in [-0.2, 0) is 4.74 Å². The third kappa shape index (κ3) is 2.78. The third-order valence-electron chi connectivity index (χ3n) is 5.01. The molecular formula is C22H23NO2S. The number of aromatic nitrogens is 1. The number of hydrogen-bond donors (Lipinski definition) is 0. The minimum atomic E-state index is 0.0863. The Morgan fingerprint density at radius 1 is 1.19 bits per heavy atom. The van der Waals surface area contributed by atoms with Crippen LogP contribution < -0.4 is 4.74 Å². The first-order valence-electron chi connectivity index (χ1n) is 8.94. The highest BCUT2D eigenvalue weighted by Crippen LogP contribution is 2.44. The molecule has 0 spiro atoms. The lowest BCUT2D eigenvalue weighted by molar-refractivity contribution is 0.222. The van der Waals surface area contributed by atoms with E-state index in [-0.39, 0.29) is 5.41 Å². The molecule has 3 aromatic rings. The summed E-state index contributed by atoms with van der Waals surface area (Å²) in [4.78, 5) is 4.77. The van der Waals surface area contributed by atoms with E-state index in [0.29, 0.717) is 0 Å². The monoisotopic (exact) mass is 365 g/mol. The number of ether oxygens (including phenoxy) is 2. The lowest BCUT2D eigenvalue weighted by atomic mass is 9.83. The third-order valence-corrected chi connectivity index (χ3v) is 6.08. The van der Waals surface area contributed by atoms with Gasteiger partial charge in [0.25, 0.3) is 0 Å². The minimum Gasteiger partial charge on any atom is -0.496 e. The van der Waals surface area contributed by atoms with Gasteiger partial charge in [-0.15, -0.1) is 11.3 Å². The lowest BCUT2D eigenvalue weighted by Gasteiger charge is -2.18. The fourth-order valence-electron chi connectivity index (χ4n) is 3.63. The Morgan fingerprint density at radius 2 is 2.00 bits per heavy atom. The molecule has 134 valence electrons. The van der Waals surface area contributed by atoms with Crippen molar-refractivity contribution in [1.29, 1.82) is 0 Å². The van der Waals surface area contributed by atoms with E-state index in [1.165, 1.54) is 10.3 Å². The van der Waals surface area contributed by atoms with E-state index in [1.807, 2.05) is 18.2 Å². The molecule has 2 aromatic carbocycles. The molecule has 0 aliphatic carbocycles. The van der Waals surface area contributed by atoms with Crippen LogP contribution in [-0.4, -0.2) is 18.7 Å². The van der Waals surface area contributed by atoms with Crippen LogP contribution in [0, 0.1) is 5.41 Å². The van der Waals surface area contributed by atoms with Crippen molar-refractivity contribution >= 4 is 27.3 Å². The van der Waals surface area contributed by atoms with Gasteiger partial charge in [-0.25, -0.2) is 4.98 Å². The molecule has 3 nitrogen and oxygen atoms in total. The summed E-state index contributed by atoms with van der Waals surface area (Å²) in [5.74, 6) is 1.84. The summed E-state index contributed by atoms with van der Waals surface area (Å²) in [6.45, 7) is 7.41. The highest BCUT2D eigenvalue weighted by Gasteiger charge is 2.34. The number of thiazole rings is 1. The number of benzene rings is 2. The first-order chi connectivity index (χ1) is 12.5. The van der Waals surface area contributed by atoms with Crippen LogP contribution in [0.5, 0.6) is 5.75 Å². The van der Waals surface area contributed by atoms with E-state index in [4.69, 9.17) is 14.5 Å². The van der Waals surface area contributed by atoms with E-state index in [1.54, 1.807) is 18.4 Å². The van der Waals surface area contributed by atoms with Crippen LogP contribution in [0.2, 0.25) is 0 Å². The Morgan fingerprint density at radius 3 is 2.73 bits per heavy atom. The Labute approximate surface area is 158 Å². The number of nitrogens with zero attached hydrogens (tertiary/aromatic N) is 1. The molecule has 0 amide bonds. The summed E-state index contributed by atoms with van der Waals surface area (Å²) >= 11 is 1.69. The van der Waals surface area contributed by atoms with Gasteiger partial charge in [-0.05, 0) is 36.3 Å². The van der Waals surface area contributed by atoms with Crippen LogP contribution in [0.3, 0.4) is 0 Å². The Bertz CT molecular complexity index is 967. The molecule has 4 heteroatoms. The van der Waals surface area contributed by atoms with E-state index in [0.717, 1.165) is 46.2 Å². The van der Waals surface area contributed by atoms with Gasteiger partial charge in [0.05, 0.1) is 29.5 Å². The predicted octanol–water partition coefficient (Wildman–Crippen LogP) is 6.15. The molecule has 0 radical (unpaired) electrons. The standard InChI is InChI=1S/C22H23NO2S/c1-5-16-20(25-13-22(16,2)3)14-10-11-15(18(12-14)24-4)21-23-17-8-6-7-9-19(17)26-21/h6-12H,5,13H2,1-4H3. The van der Waals surface area contributed by atoms with Gasteiger partial charge in [0.15, 0.2) is 0 Å². The number of methoxy groups -OCH3 is 1. The largest absolute Gasteiger partial charge is 0.496 e. The number of para-hydroxylation sites is 1. The molecule has 0 N–H and O–H groups in total. The van der Waals surface area contributed by atoms with Gasteiger partial charge in [0.2, 0.25) is 0 Å². The maximum Gasteiger partial charge on any atom is 0.129 e. The van der Waals surface area contributed by atoms with E-state index in [2.05, 4.69) is 45.0 Å². The van der Waals surface area contributed by atoms with Crippen molar-refractivity contribution < 1.29 is 9.47 Å². The van der Waals surface area contributed by atoms with Gasteiger partial charge in [-0.1, -0.05) is 39.0 Å². The maximum atomic E-state index is 6.06. The van der Waals surface area contributed by atoms with Crippen molar-refractivity contribution in [3.63, 3.8) is 0 Å². The molecule has 0 atom stereocenters. The van der Waals surface area contributed by atoms with Crippen molar-refractivity contribution in [3.05, 3.63) is 53.6 Å². The Kier molecular flexibility index (Phi) is 4.23. The van der Waals surface area contributed by atoms with Crippen molar-refractivity contribution in [3.8, 4) is 16.3 Å². The molecule has 0 bridgehead atoms. The highest BCUT2D eigenvalue weighted by molar-refractivity contribution is 7.21. The van der Waals surface area contributed by atoms with E-state index in [9.17, 15) is 0 Å². The molecule has 0 fully saturated rings. The second-order valence-corrected chi connectivity index (χ2v) is 8.27. The summed E-state index contributed by atoms with van der Waals surface area (Å²) in [6.07, 6.45) is 0.990. The Balaban J connectivity index is 1.80. The molecular weight excluding hydrogens is 342 g/mol.